The first-order valence-corrected chi connectivity index (χ1v) is 14.5. The molecule has 0 saturated carbocycles. The third-order valence-corrected chi connectivity index (χ3v) is 7.59. The van der Waals surface area contributed by atoms with Crippen LogP contribution in [0.1, 0.15) is 45.8 Å². The topological polar surface area (TPSA) is 85.5 Å². The van der Waals surface area contributed by atoms with Gasteiger partial charge in [-0.05, 0) is 93.2 Å². The Labute approximate surface area is 240 Å². The zero-order valence-electron chi connectivity index (χ0n) is 22.7. The van der Waals surface area contributed by atoms with Crippen LogP contribution in [0.3, 0.4) is 0 Å². The van der Waals surface area contributed by atoms with Crippen molar-refractivity contribution in [3.05, 3.63) is 89.4 Å². The summed E-state index contributed by atoms with van der Waals surface area (Å²) < 4.78 is 39.9. The predicted octanol–water partition coefficient (Wildman–Crippen LogP) is 6.87. The number of piperidine rings is 1. The van der Waals surface area contributed by atoms with Gasteiger partial charge in [0.25, 0.3) is 5.22 Å². The highest BCUT2D eigenvalue weighted by molar-refractivity contribution is 7.98. The standard InChI is InChI=1S/C31H29F2N3O4S/c1-36-13-10-19(11-14-36)16-26(37)25-18-23(9-12-34-25)39-28-8-3-20(15-24(28)33)17-27(38)29-30(40-31(35-29)41-2)21-4-6-22(32)7-5-21/h3-9,12,15,18-19H,10-11,13-14,16-17H2,1-2H3. The quantitative estimate of drug-likeness (QED) is 0.149. The molecule has 0 unspecified atom stereocenters. The van der Waals surface area contributed by atoms with Gasteiger partial charge in [-0.1, -0.05) is 17.8 Å². The molecule has 1 aliphatic rings. The van der Waals surface area contributed by atoms with Crippen molar-refractivity contribution in [3.8, 4) is 22.8 Å². The number of halogens is 2. The van der Waals surface area contributed by atoms with Crippen molar-refractivity contribution in [2.75, 3.05) is 26.4 Å². The molecule has 2 aromatic heterocycles. The number of likely N-dealkylation sites (tertiary alicyclic amines) is 1. The van der Waals surface area contributed by atoms with E-state index in [-0.39, 0.29) is 35.2 Å². The number of carbonyl (C=O) groups excluding carboxylic acids is 2. The summed E-state index contributed by atoms with van der Waals surface area (Å²) in [7, 11) is 2.08. The van der Waals surface area contributed by atoms with Crippen molar-refractivity contribution in [2.45, 2.75) is 30.9 Å². The lowest BCUT2D eigenvalue weighted by molar-refractivity contribution is 0.0930. The summed E-state index contributed by atoms with van der Waals surface area (Å²) in [6.45, 7) is 1.95. The van der Waals surface area contributed by atoms with Crippen LogP contribution in [0.25, 0.3) is 11.3 Å². The third-order valence-electron chi connectivity index (χ3n) is 7.07. The molecule has 1 saturated heterocycles. The summed E-state index contributed by atoms with van der Waals surface area (Å²) in [6, 6.07) is 12.9. The molecule has 5 rings (SSSR count). The van der Waals surface area contributed by atoms with Gasteiger partial charge < -0.3 is 14.1 Å². The number of benzene rings is 2. The second-order valence-corrected chi connectivity index (χ2v) is 10.8. The van der Waals surface area contributed by atoms with E-state index < -0.39 is 11.6 Å². The summed E-state index contributed by atoms with van der Waals surface area (Å²) in [5.74, 6) is -0.681. The van der Waals surface area contributed by atoms with Gasteiger partial charge in [0.2, 0.25) is 0 Å². The Morgan fingerprint density at radius 1 is 1.05 bits per heavy atom. The molecule has 0 radical (unpaired) electrons. The number of oxazole rings is 1. The van der Waals surface area contributed by atoms with Crippen LogP contribution in [-0.2, 0) is 6.42 Å². The predicted molar refractivity (Wildman–Crippen MR) is 152 cm³/mol. The summed E-state index contributed by atoms with van der Waals surface area (Å²) in [5.41, 5.74) is 1.32. The number of rotatable bonds is 10. The number of pyridine rings is 1. The fourth-order valence-electron chi connectivity index (χ4n) is 4.77. The Bertz CT molecular complexity index is 1550. The van der Waals surface area contributed by atoms with Crippen LogP contribution in [-0.4, -0.2) is 52.8 Å². The highest BCUT2D eigenvalue weighted by Gasteiger charge is 2.23. The lowest BCUT2D eigenvalue weighted by atomic mass is 9.91. The number of ketones is 2. The van der Waals surface area contributed by atoms with Crippen LogP contribution in [0.2, 0.25) is 0 Å². The molecule has 0 aliphatic carbocycles. The van der Waals surface area contributed by atoms with Crippen molar-refractivity contribution in [1.82, 2.24) is 14.9 Å². The van der Waals surface area contributed by atoms with E-state index in [1.165, 1.54) is 60.4 Å². The van der Waals surface area contributed by atoms with Gasteiger partial charge in [0, 0.05) is 30.7 Å². The monoisotopic (exact) mass is 577 g/mol. The Kier molecular flexibility index (Phi) is 8.90. The lowest BCUT2D eigenvalue weighted by Crippen LogP contribution is -2.31. The summed E-state index contributed by atoms with van der Waals surface area (Å²) in [5, 5.41) is 0.296. The zero-order valence-corrected chi connectivity index (χ0v) is 23.5. The molecule has 0 bridgehead atoms. The molecule has 1 aliphatic heterocycles. The van der Waals surface area contributed by atoms with E-state index in [0.29, 0.717) is 40.1 Å². The average Bonchev–Trinajstić information content (AvgIpc) is 3.41. The number of Topliss-reactive ketones (excluding diaryl/α,β-unsaturated/α-hetero) is 2. The van der Waals surface area contributed by atoms with Crippen LogP contribution in [0.4, 0.5) is 8.78 Å². The van der Waals surface area contributed by atoms with E-state index in [2.05, 4.69) is 21.9 Å². The molecule has 212 valence electrons. The second kappa shape index (κ2) is 12.7. The molecule has 2 aromatic carbocycles. The highest BCUT2D eigenvalue weighted by Crippen LogP contribution is 2.31. The molecule has 41 heavy (non-hydrogen) atoms. The summed E-state index contributed by atoms with van der Waals surface area (Å²) in [4.78, 5) is 36.7. The van der Waals surface area contributed by atoms with Gasteiger partial charge in [-0.15, -0.1) is 0 Å². The molecule has 0 atom stereocenters. The Hall–Kier alpha value is -3.89. The first kappa shape index (κ1) is 28.6. The van der Waals surface area contributed by atoms with E-state index in [1.807, 2.05) is 0 Å². The van der Waals surface area contributed by atoms with Crippen molar-refractivity contribution in [3.63, 3.8) is 0 Å². The molecular formula is C31H29F2N3O4S. The average molecular weight is 578 g/mol. The minimum atomic E-state index is -0.657. The van der Waals surface area contributed by atoms with E-state index in [4.69, 9.17) is 9.15 Å². The Morgan fingerprint density at radius 3 is 2.51 bits per heavy atom. The molecule has 7 nitrogen and oxygen atoms in total. The first-order chi connectivity index (χ1) is 19.8. The summed E-state index contributed by atoms with van der Waals surface area (Å²) >= 11 is 1.23. The van der Waals surface area contributed by atoms with Gasteiger partial charge in [-0.2, -0.15) is 4.98 Å². The number of thioether (sulfide) groups is 1. The minimum Gasteiger partial charge on any atom is -0.454 e. The van der Waals surface area contributed by atoms with Crippen LogP contribution in [0.5, 0.6) is 11.5 Å². The molecule has 1 fully saturated rings. The van der Waals surface area contributed by atoms with Crippen LogP contribution in [0.15, 0.2) is 70.4 Å². The highest BCUT2D eigenvalue weighted by atomic mass is 32.2. The Balaban J connectivity index is 1.26. The van der Waals surface area contributed by atoms with E-state index >= 15 is 4.39 Å². The largest absolute Gasteiger partial charge is 0.454 e. The van der Waals surface area contributed by atoms with Crippen molar-refractivity contribution >= 4 is 23.3 Å². The number of carbonyl (C=O) groups is 2. The minimum absolute atomic E-state index is 0.0424. The van der Waals surface area contributed by atoms with Gasteiger partial charge in [0.05, 0.1) is 0 Å². The maximum Gasteiger partial charge on any atom is 0.256 e. The fourth-order valence-corrected chi connectivity index (χ4v) is 5.12. The van der Waals surface area contributed by atoms with E-state index in [0.717, 1.165) is 25.9 Å². The molecule has 10 heteroatoms. The number of aromatic nitrogens is 2. The SMILES string of the molecule is CSc1nc(C(=O)Cc2ccc(Oc3ccnc(C(=O)CC4CCN(C)CC4)c3)c(F)c2)c(-c2ccc(F)cc2)o1. The van der Waals surface area contributed by atoms with E-state index in [9.17, 15) is 14.0 Å². The number of ether oxygens (including phenoxy) is 1. The lowest BCUT2D eigenvalue weighted by Gasteiger charge is -2.28. The van der Waals surface area contributed by atoms with Crippen molar-refractivity contribution in [1.29, 1.82) is 0 Å². The molecule has 0 amide bonds. The van der Waals surface area contributed by atoms with Gasteiger partial charge in [0.15, 0.2) is 34.6 Å². The van der Waals surface area contributed by atoms with Gasteiger partial charge in [0.1, 0.15) is 17.3 Å². The number of hydrogen-bond acceptors (Lipinski definition) is 8. The molecule has 0 N–H and O–H groups in total. The Morgan fingerprint density at radius 2 is 1.80 bits per heavy atom. The van der Waals surface area contributed by atoms with E-state index in [1.54, 1.807) is 18.4 Å². The maximum atomic E-state index is 15.0. The molecule has 0 spiro atoms. The van der Waals surface area contributed by atoms with Crippen LogP contribution >= 0.6 is 11.8 Å². The maximum absolute atomic E-state index is 15.0. The van der Waals surface area contributed by atoms with Gasteiger partial charge in [-0.25, -0.2) is 8.78 Å². The van der Waals surface area contributed by atoms with Crippen LogP contribution < -0.4 is 4.74 Å². The van der Waals surface area contributed by atoms with Crippen molar-refractivity contribution in [2.24, 2.45) is 5.92 Å². The molecule has 3 heterocycles. The smallest absolute Gasteiger partial charge is 0.256 e. The third kappa shape index (κ3) is 7.07. The van der Waals surface area contributed by atoms with Crippen LogP contribution in [0, 0.1) is 17.6 Å². The van der Waals surface area contributed by atoms with Gasteiger partial charge in [-0.3, -0.25) is 14.6 Å². The summed E-state index contributed by atoms with van der Waals surface area (Å²) in [6.07, 6.45) is 5.48. The number of nitrogens with zero attached hydrogens (tertiary/aromatic N) is 3. The van der Waals surface area contributed by atoms with Crippen molar-refractivity contribution < 1.29 is 27.5 Å². The first-order valence-electron chi connectivity index (χ1n) is 13.3. The van der Waals surface area contributed by atoms with Gasteiger partial charge >= 0.3 is 0 Å². The molecular weight excluding hydrogens is 548 g/mol. The molecule has 4 aromatic rings. The number of hydrogen-bond donors (Lipinski definition) is 0. The zero-order chi connectivity index (χ0) is 28.9. The fraction of sp³-hybridized carbons (Fsp3) is 0.290. The second-order valence-electron chi connectivity index (χ2n) is 10.1. The normalized spacial score (nSPS) is 14.2.